The van der Waals surface area contributed by atoms with Crippen LogP contribution < -0.4 is 17.0 Å². The van der Waals surface area contributed by atoms with Crippen molar-refractivity contribution >= 4 is 22.5 Å². The van der Waals surface area contributed by atoms with E-state index in [0.717, 1.165) is 5.56 Å². The minimum atomic E-state index is -0.510. The Kier molecular flexibility index (Phi) is 3.37. The van der Waals surface area contributed by atoms with Gasteiger partial charge in [-0.25, -0.2) is 4.79 Å². The molecule has 0 radical (unpaired) electrons. The maximum absolute atomic E-state index is 12.2. The molecule has 0 aliphatic heterocycles. The van der Waals surface area contributed by atoms with Crippen molar-refractivity contribution in [1.82, 2.24) is 9.55 Å². The molecule has 2 aromatic carbocycles. The van der Waals surface area contributed by atoms with Gasteiger partial charge in [-0.1, -0.05) is 23.7 Å². The number of benzene rings is 2. The molecule has 5 nitrogen and oxygen atoms in total. The minimum absolute atomic E-state index is 0.366. The number of halogens is 1. The molecule has 0 aliphatic carbocycles. The number of nitrogens with zero attached hydrogens (tertiary/aromatic N) is 1. The van der Waals surface area contributed by atoms with Crippen molar-refractivity contribution in [2.75, 3.05) is 0 Å². The van der Waals surface area contributed by atoms with Crippen molar-refractivity contribution in [2.24, 2.45) is 5.73 Å². The predicted molar refractivity (Wildman–Crippen MR) is 83.1 cm³/mol. The average molecular weight is 302 g/mol. The average Bonchev–Trinajstić information content (AvgIpc) is 2.47. The van der Waals surface area contributed by atoms with E-state index in [4.69, 9.17) is 17.3 Å². The maximum Gasteiger partial charge on any atom is 0.333 e. The van der Waals surface area contributed by atoms with Crippen LogP contribution in [0.25, 0.3) is 16.6 Å². The van der Waals surface area contributed by atoms with Gasteiger partial charge < -0.3 is 5.73 Å². The summed E-state index contributed by atoms with van der Waals surface area (Å²) in [5.41, 5.74) is 6.67. The Morgan fingerprint density at radius 2 is 1.95 bits per heavy atom. The van der Waals surface area contributed by atoms with E-state index < -0.39 is 11.2 Å². The quantitative estimate of drug-likeness (QED) is 0.757. The van der Waals surface area contributed by atoms with Crippen LogP contribution in [0.15, 0.2) is 52.1 Å². The van der Waals surface area contributed by atoms with E-state index in [-0.39, 0.29) is 0 Å². The molecular formula is C15H12ClN3O2. The highest BCUT2D eigenvalue weighted by atomic mass is 35.5. The van der Waals surface area contributed by atoms with Crippen molar-refractivity contribution < 1.29 is 0 Å². The Hall–Kier alpha value is -2.37. The fourth-order valence-electron chi connectivity index (χ4n) is 2.29. The molecule has 21 heavy (non-hydrogen) atoms. The van der Waals surface area contributed by atoms with Crippen molar-refractivity contribution in [3.8, 4) is 5.69 Å². The summed E-state index contributed by atoms with van der Waals surface area (Å²) in [7, 11) is 0. The van der Waals surface area contributed by atoms with E-state index in [1.807, 2.05) is 12.1 Å². The third kappa shape index (κ3) is 2.37. The summed E-state index contributed by atoms with van der Waals surface area (Å²) in [4.78, 5) is 26.4. The summed E-state index contributed by atoms with van der Waals surface area (Å²) in [6, 6.07) is 12.1. The van der Waals surface area contributed by atoms with E-state index in [1.54, 1.807) is 30.3 Å². The Balaban J connectivity index is 2.43. The molecule has 0 saturated heterocycles. The normalized spacial score (nSPS) is 11.0. The lowest BCUT2D eigenvalue weighted by atomic mass is 10.2. The maximum atomic E-state index is 12.2. The van der Waals surface area contributed by atoms with Gasteiger partial charge in [0.2, 0.25) is 0 Å². The number of hydrogen-bond donors (Lipinski definition) is 2. The highest BCUT2D eigenvalue weighted by molar-refractivity contribution is 6.31. The summed E-state index contributed by atoms with van der Waals surface area (Å²) in [5, 5.41) is 0.855. The third-order valence-corrected chi connectivity index (χ3v) is 3.51. The van der Waals surface area contributed by atoms with Gasteiger partial charge >= 0.3 is 5.69 Å². The predicted octanol–water partition coefficient (Wildman–Crippen LogP) is 1.79. The van der Waals surface area contributed by atoms with Gasteiger partial charge in [0.15, 0.2) is 0 Å². The van der Waals surface area contributed by atoms with E-state index >= 15 is 0 Å². The second-order valence-corrected chi connectivity index (χ2v) is 5.07. The SMILES string of the molecule is NCc1cccc(-n2c(=O)[nH]c(=O)c3ccc(Cl)cc32)c1. The van der Waals surface area contributed by atoms with E-state index in [9.17, 15) is 9.59 Å². The molecule has 3 rings (SSSR count). The second-order valence-electron chi connectivity index (χ2n) is 4.63. The number of nitrogens with one attached hydrogen (secondary N) is 1. The van der Waals surface area contributed by atoms with Gasteiger partial charge in [0.1, 0.15) is 0 Å². The first-order chi connectivity index (χ1) is 10.1. The first-order valence-electron chi connectivity index (χ1n) is 6.34. The van der Waals surface area contributed by atoms with Gasteiger partial charge in [0, 0.05) is 11.6 Å². The molecule has 0 fully saturated rings. The lowest BCUT2D eigenvalue weighted by molar-refractivity contribution is 0.937. The molecule has 0 bridgehead atoms. The first-order valence-corrected chi connectivity index (χ1v) is 6.72. The number of H-pyrrole nitrogens is 1. The molecule has 1 aromatic heterocycles. The van der Waals surface area contributed by atoms with Crippen molar-refractivity contribution in [1.29, 1.82) is 0 Å². The highest BCUT2D eigenvalue weighted by Crippen LogP contribution is 2.18. The molecule has 0 aliphatic rings. The van der Waals surface area contributed by atoms with Crippen LogP contribution in [0.4, 0.5) is 0 Å². The monoisotopic (exact) mass is 301 g/mol. The Labute approximate surface area is 124 Å². The summed E-state index contributed by atoms with van der Waals surface area (Å²) < 4.78 is 1.42. The van der Waals surface area contributed by atoms with Gasteiger partial charge in [0.25, 0.3) is 5.56 Å². The van der Waals surface area contributed by atoms with Crippen LogP contribution in [0.5, 0.6) is 0 Å². The molecule has 106 valence electrons. The topological polar surface area (TPSA) is 80.9 Å². The Morgan fingerprint density at radius 3 is 2.71 bits per heavy atom. The fourth-order valence-corrected chi connectivity index (χ4v) is 2.46. The number of aromatic amines is 1. The van der Waals surface area contributed by atoms with Crippen molar-refractivity contribution in [3.05, 3.63) is 73.9 Å². The Bertz CT molecular complexity index is 944. The summed E-state index contributed by atoms with van der Waals surface area (Å²) in [6.07, 6.45) is 0. The summed E-state index contributed by atoms with van der Waals surface area (Å²) in [5.74, 6) is 0. The van der Waals surface area contributed by atoms with Gasteiger partial charge in [-0.3, -0.25) is 14.3 Å². The smallest absolute Gasteiger partial charge is 0.326 e. The lowest BCUT2D eigenvalue weighted by Gasteiger charge is -2.10. The molecule has 3 aromatic rings. The highest BCUT2D eigenvalue weighted by Gasteiger charge is 2.10. The number of hydrogen-bond acceptors (Lipinski definition) is 3. The van der Waals surface area contributed by atoms with Crippen LogP contribution in [-0.4, -0.2) is 9.55 Å². The Morgan fingerprint density at radius 1 is 1.14 bits per heavy atom. The molecule has 0 amide bonds. The number of nitrogens with two attached hydrogens (primary N) is 1. The van der Waals surface area contributed by atoms with Crippen LogP contribution in [-0.2, 0) is 6.54 Å². The molecule has 3 N–H and O–H groups in total. The summed E-state index contributed by atoms with van der Waals surface area (Å²) >= 11 is 5.99. The third-order valence-electron chi connectivity index (χ3n) is 3.27. The molecule has 0 atom stereocenters. The van der Waals surface area contributed by atoms with E-state index in [2.05, 4.69) is 4.98 Å². The minimum Gasteiger partial charge on any atom is -0.326 e. The molecular weight excluding hydrogens is 290 g/mol. The van der Waals surface area contributed by atoms with Gasteiger partial charge in [-0.05, 0) is 35.9 Å². The van der Waals surface area contributed by atoms with Crippen LogP contribution in [0.1, 0.15) is 5.56 Å². The molecule has 0 spiro atoms. The molecule has 6 heteroatoms. The number of aromatic nitrogens is 2. The van der Waals surface area contributed by atoms with Crippen LogP contribution >= 0.6 is 11.6 Å². The number of rotatable bonds is 2. The molecule has 0 saturated carbocycles. The van der Waals surface area contributed by atoms with E-state index in [0.29, 0.717) is 28.2 Å². The second kappa shape index (κ2) is 5.20. The number of fused-ring (bicyclic) bond motifs is 1. The van der Waals surface area contributed by atoms with Crippen molar-refractivity contribution in [2.45, 2.75) is 6.54 Å². The van der Waals surface area contributed by atoms with Gasteiger partial charge in [0.05, 0.1) is 16.6 Å². The standard InChI is InChI=1S/C15H12ClN3O2/c16-10-4-5-12-13(7-10)19(15(21)18-14(12)20)11-3-1-2-9(6-11)8-17/h1-7H,8,17H2,(H,18,20,21). The van der Waals surface area contributed by atoms with E-state index in [1.165, 1.54) is 4.57 Å². The largest absolute Gasteiger partial charge is 0.333 e. The van der Waals surface area contributed by atoms with Gasteiger partial charge in [-0.15, -0.1) is 0 Å². The fraction of sp³-hybridized carbons (Fsp3) is 0.0667. The van der Waals surface area contributed by atoms with Crippen LogP contribution in [0.3, 0.4) is 0 Å². The van der Waals surface area contributed by atoms with Crippen LogP contribution in [0.2, 0.25) is 5.02 Å². The first kappa shape index (κ1) is 13.6. The zero-order chi connectivity index (χ0) is 15.0. The summed E-state index contributed by atoms with van der Waals surface area (Å²) in [6.45, 7) is 0.366. The van der Waals surface area contributed by atoms with Crippen LogP contribution in [0, 0.1) is 0 Å². The molecule has 0 unspecified atom stereocenters. The molecule has 1 heterocycles. The van der Waals surface area contributed by atoms with Gasteiger partial charge in [-0.2, -0.15) is 0 Å². The van der Waals surface area contributed by atoms with Crippen molar-refractivity contribution in [3.63, 3.8) is 0 Å². The zero-order valence-electron chi connectivity index (χ0n) is 11.0. The zero-order valence-corrected chi connectivity index (χ0v) is 11.7. The lowest BCUT2D eigenvalue weighted by Crippen LogP contribution is -2.29.